The SMILES string of the molecule is OB(O)c1cccc2cc(-c3ccc4ccccc4c3)cn12. The van der Waals surface area contributed by atoms with Crippen LogP contribution in [-0.2, 0) is 0 Å². The summed E-state index contributed by atoms with van der Waals surface area (Å²) in [6.45, 7) is 0. The van der Waals surface area contributed by atoms with E-state index < -0.39 is 7.12 Å². The molecule has 0 amide bonds. The molecule has 0 radical (unpaired) electrons. The summed E-state index contributed by atoms with van der Waals surface area (Å²) >= 11 is 0. The monoisotopic (exact) mass is 287 g/mol. The lowest BCUT2D eigenvalue weighted by Crippen LogP contribution is -2.34. The lowest BCUT2D eigenvalue weighted by Gasteiger charge is -2.04. The van der Waals surface area contributed by atoms with Crippen LogP contribution in [0.2, 0.25) is 0 Å². The van der Waals surface area contributed by atoms with Gasteiger partial charge in [0.15, 0.2) is 0 Å². The third-order valence-corrected chi connectivity index (χ3v) is 4.01. The van der Waals surface area contributed by atoms with E-state index in [9.17, 15) is 10.0 Å². The number of nitrogens with zero attached hydrogens (tertiary/aromatic N) is 1. The molecule has 106 valence electrons. The normalized spacial score (nSPS) is 11.2. The van der Waals surface area contributed by atoms with Crippen molar-refractivity contribution in [3.63, 3.8) is 0 Å². The zero-order valence-corrected chi connectivity index (χ0v) is 11.8. The second-order valence-electron chi connectivity index (χ2n) is 5.41. The molecule has 2 heterocycles. The first-order valence-corrected chi connectivity index (χ1v) is 7.19. The van der Waals surface area contributed by atoms with Crippen molar-refractivity contribution in [2.24, 2.45) is 0 Å². The lowest BCUT2D eigenvalue weighted by molar-refractivity contribution is 0.423. The molecule has 4 heteroatoms. The first kappa shape index (κ1) is 13.1. The maximum Gasteiger partial charge on any atom is 0.506 e. The number of hydrogen-bond donors (Lipinski definition) is 2. The van der Waals surface area contributed by atoms with Gasteiger partial charge in [-0.05, 0) is 40.6 Å². The molecule has 0 unspecified atom stereocenters. The van der Waals surface area contributed by atoms with Gasteiger partial charge in [0, 0.05) is 17.3 Å². The van der Waals surface area contributed by atoms with Crippen molar-refractivity contribution in [3.8, 4) is 11.1 Å². The Labute approximate surface area is 128 Å². The van der Waals surface area contributed by atoms with Gasteiger partial charge in [-0.3, -0.25) is 0 Å². The summed E-state index contributed by atoms with van der Waals surface area (Å²) in [5.41, 5.74) is 3.57. The first-order chi connectivity index (χ1) is 10.7. The molecule has 22 heavy (non-hydrogen) atoms. The van der Waals surface area contributed by atoms with Crippen LogP contribution in [0, 0.1) is 0 Å². The fourth-order valence-electron chi connectivity index (χ4n) is 2.89. The second kappa shape index (κ2) is 5.02. The Hall–Kier alpha value is -2.56. The molecule has 0 fully saturated rings. The maximum absolute atomic E-state index is 9.48. The minimum absolute atomic E-state index is 0.463. The molecule has 0 aliphatic rings. The fourth-order valence-corrected chi connectivity index (χ4v) is 2.89. The number of fused-ring (bicyclic) bond motifs is 2. The molecule has 0 atom stereocenters. The molecule has 2 aromatic heterocycles. The van der Waals surface area contributed by atoms with E-state index in [0.717, 1.165) is 16.6 Å². The van der Waals surface area contributed by atoms with E-state index in [-0.39, 0.29) is 0 Å². The van der Waals surface area contributed by atoms with Crippen LogP contribution in [0.25, 0.3) is 27.4 Å². The Morgan fingerprint density at radius 2 is 1.55 bits per heavy atom. The van der Waals surface area contributed by atoms with Crippen LogP contribution in [-0.4, -0.2) is 21.6 Å². The van der Waals surface area contributed by atoms with Crippen molar-refractivity contribution in [1.29, 1.82) is 0 Å². The Kier molecular flexibility index (Phi) is 3.00. The predicted molar refractivity (Wildman–Crippen MR) is 90.2 cm³/mol. The highest BCUT2D eigenvalue weighted by atomic mass is 16.4. The van der Waals surface area contributed by atoms with Crippen LogP contribution in [0.5, 0.6) is 0 Å². The van der Waals surface area contributed by atoms with E-state index >= 15 is 0 Å². The Morgan fingerprint density at radius 1 is 0.727 bits per heavy atom. The number of pyridine rings is 1. The van der Waals surface area contributed by atoms with Gasteiger partial charge in [-0.1, -0.05) is 42.5 Å². The van der Waals surface area contributed by atoms with E-state index in [1.807, 2.05) is 34.9 Å². The summed E-state index contributed by atoms with van der Waals surface area (Å²) in [6.07, 6.45) is 1.94. The van der Waals surface area contributed by atoms with Crippen molar-refractivity contribution in [1.82, 2.24) is 4.40 Å². The molecule has 3 nitrogen and oxygen atoms in total. The topological polar surface area (TPSA) is 44.9 Å². The summed E-state index contributed by atoms with van der Waals surface area (Å²) in [5, 5.41) is 21.4. The van der Waals surface area contributed by atoms with E-state index in [1.165, 1.54) is 10.8 Å². The van der Waals surface area contributed by atoms with E-state index in [1.54, 1.807) is 6.07 Å². The molecular formula is C18H14BNO2. The van der Waals surface area contributed by atoms with Gasteiger partial charge in [-0.2, -0.15) is 0 Å². The quantitative estimate of drug-likeness (QED) is 0.556. The average molecular weight is 287 g/mol. The van der Waals surface area contributed by atoms with Crippen molar-refractivity contribution in [2.75, 3.05) is 0 Å². The largest absolute Gasteiger partial charge is 0.506 e. The second-order valence-corrected chi connectivity index (χ2v) is 5.41. The molecule has 0 bridgehead atoms. The molecule has 2 aromatic carbocycles. The summed E-state index contributed by atoms with van der Waals surface area (Å²) in [7, 11) is -1.49. The molecule has 4 aromatic rings. The highest BCUT2D eigenvalue weighted by Crippen LogP contribution is 2.26. The highest BCUT2D eigenvalue weighted by molar-refractivity contribution is 6.57. The summed E-state index contributed by atoms with van der Waals surface area (Å²) in [6, 6.07) is 22.1. The summed E-state index contributed by atoms with van der Waals surface area (Å²) < 4.78 is 1.81. The van der Waals surface area contributed by atoms with Gasteiger partial charge in [0.2, 0.25) is 0 Å². The predicted octanol–water partition coefficient (Wildman–Crippen LogP) is 2.44. The van der Waals surface area contributed by atoms with Crippen LogP contribution in [0.15, 0.2) is 72.9 Å². The Bertz CT molecular complexity index is 975. The number of aromatic nitrogens is 1. The number of benzene rings is 2. The smallest absolute Gasteiger partial charge is 0.422 e. The van der Waals surface area contributed by atoms with Gasteiger partial charge in [0.05, 0.1) is 5.59 Å². The van der Waals surface area contributed by atoms with Crippen molar-refractivity contribution in [2.45, 2.75) is 0 Å². The third-order valence-electron chi connectivity index (χ3n) is 4.01. The fraction of sp³-hybridized carbons (Fsp3) is 0. The van der Waals surface area contributed by atoms with Crippen molar-refractivity contribution < 1.29 is 10.0 Å². The minimum atomic E-state index is -1.49. The first-order valence-electron chi connectivity index (χ1n) is 7.19. The molecule has 0 aliphatic carbocycles. The van der Waals surface area contributed by atoms with Crippen molar-refractivity contribution >= 4 is 29.0 Å². The molecule has 0 spiro atoms. The van der Waals surface area contributed by atoms with Gasteiger partial charge >= 0.3 is 7.12 Å². The molecule has 0 saturated heterocycles. The zero-order chi connectivity index (χ0) is 15.1. The van der Waals surface area contributed by atoms with Crippen LogP contribution in [0.4, 0.5) is 0 Å². The van der Waals surface area contributed by atoms with Crippen LogP contribution in [0.1, 0.15) is 0 Å². The van der Waals surface area contributed by atoms with Gasteiger partial charge in [0.25, 0.3) is 0 Å². The zero-order valence-electron chi connectivity index (χ0n) is 11.8. The van der Waals surface area contributed by atoms with Gasteiger partial charge in [-0.25, -0.2) is 0 Å². The Balaban J connectivity index is 1.90. The highest BCUT2D eigenvalue weighted by Gasteiger charge is 2.15. The lowest BCUT2D eigenvalue weighted by atomic mass is 9.85. The molecule has 4 rings (SSSR count). The van der Waals surface area contributed by atoms with Crippen molar-refractivity contribution in [3.05, 3.63) is 72.9 Å². The summed E-state index contributed by atoms with van der Waals surface area (Å²) in [5.74, 6) is 0. The average Bonchev–Trinajstić information content (AvgIpc) is 2.98. The summed E-state index contributed by atoms with van der Waals surface area (Å²) in [4.78, 5) is 0. The third kappa shape index (κ3) is 2.10. The van der Waals surface area contributed by atoms with Gasteiger partial charge < -0.3 is 14.4 Å². The molecular weight excluding hydrogens is 273 g/mol. The Morgan fingerprint density at radius 3 is 2.36 bits per heavy atom. The standard InChI is InChI=1S/C18H14BNO2/c21-19(22)18-7-3-6-17-11-16(12-20(17)18)15-9-8-13-4-1-2-5-14(13)10-15/h1-12,21-22H. The number of hydrogen-bond acceptors (Lipinski definition) is 2. The van der Waals surface area contributed by atoms with E-state index in [0.29, 0.717) is 5.59 Å². The van der Waals surface area contributed by atoms with E-state index in [2.05, 4.69) is 36.4 Å². The number of rotatable bonds is 2. The van der Waals surface area contributed by atoms with Gasteiger partial charge in [0.1, 0.15) is 0 Å². The molecule has 0 saturated carbocycles. The molecule has 0 aliphatic heterocycles. The van der Waals surface area contributed by atoms with Crippen LogP contribution < -0.4 is 5.59 Å². The van der Waals surface area contributed by atoms with Crippen LogP contribution in [0.3, 0.4) is 0 Å². The van der Waals surface area contributed by atoms with Gasteiger partial charge in [-0.15, -0.1) is 0 Å². The molecule has 2 N–H and O–H groups in total. The van der Waals surface area contributed by atoms with Crippen LogP contribution >= 0.6 is 0 Å². The maximum atomic E-state index is 9.48. The minimum Gasteiger partial charge on any atom is -0.422 e. The van der Waals surface area contributed by atoms with E-state index in [4.69, 9.17) is 0 Å².